The van der Waals surface area contributed by atoms with Crippen molar-refractivity contribution in [3.05, 3.63) is 29.8 Å². The van der Waals surface area contributed by atoms with E-state index in [1.165, 1.54) is 12.1 Å². The molecule has 2 saturated heterocycles. The van der Waals surface area contributed by atoms with E-state index in [9.17, 15) is 4.79 Å². The number of benzene rings is 1. The molecule has 2 heterocycles. The van der Waals surface area contributed by atoms with Crippen LogP contribution in [0.5, 0.6) is 0 Å². The predicted octanol–water partition coefficient (Wildman–Crippen LogP) is 2.29. The number of hydrogen-bond acceptors (Lipinski definition) is 4. The molecular formula is C21H34N4O. The van der Waals surface area contributed by atoms with Gasteiger partial charge in [0.25, 0.3) is 5.91 Å². The zero-order valence-electron chi connectivity index (χ0n) is 16.6. The zero-order valence-corrected chi connectivity index (χ0v) is 16.6. The number of likely N-dealkylation sites (tertiary alicyclic amines) is 1. The molecule has 5 heteroatoms. The van der Waals surface area contributed by atoms with Gasteiger partial charge in [-0.2, -0.15) is 0 Å². The molecular weight excluding hydrogens is 324 g/mol. The van der Waals surface area contributed by atoms with Crippen molar-refractivity contribution >= 4 is 11.6 Å². The molecule has 1 unspecified atom stereocenters. The van der Waals surface area contributed by atoms with Crippen molar-refractivity contribution in [1.82, 2.24) is 15.1 Å². The van der Waals surface area contributed by atoms with Crippen LogP contribution in [0.25, 0.3) is 0 Å². The molecule has 0 radical (unpaired) electrons. The number of amides is 1. The normalized spacial score (nSPS) is 22.1. The number of piperazine rings is 1. The van der Waals surface area contributed by atoms with Crippen LogP contribution in [0.4, 0.5) is 5.69 Å². The molecule has 2 fully saturated rings. The van der Waals surface area contributed by atoms with E-state index in [0.29, 0.717) is 12.0 Å². The van der Waals surface area contributed by atoms with Gasteiger partial charge in [-0.25, -0.2) is 0 Å². The number of piperidine rings is 1. The molecule has 2 aliphatic rings. The lowest BCUT2D eigenvalue weighted by Crippen LogP contribution is -2.48. The maximum Gasteiger partial charge on any atom is 0.253 e. The quantitative estimate of drug-likeness (QED) is 0.877. The summed E-state index contributed by atoms with van der Waals surface area (Å²) in [6.07, 6.45) is 2.32. The number of carbonyl (C=O) groups is 1. The van der Waals surface area contributed by atoms with Gasteiger partial charge in [0.05, 0.1) is 0 Å². The molecule has 0 spiro atoms. The van der Waals surface area contributed by atoms with Crippen molar-refractivity contribution in [2.45, 2.75) is 32.7 Å². The first-order chi connectivity index (χ1) is 12.6. The van der Waals surface area contributed by atoms with Crippen LogP contribution in [0, 0.1) is 5.92 Å². The first kappa shape index (κ1) is 19.2. The van der Waals surface area contributed by atoms with E-state index < -0.39 is 0 Å². The highest BCUT2D eigenvalue weighted by molar-refractivity contribution is 5.94. The number of nitrogens with one attached hydrogen (secondary N) is 1. The average Bonchev–Trinajstić information content (AvgIpc) is 2.68. The maximum absolute atomic E-state index is 12.8. The molecule has 1 aromatic rings. The second kappa shape index (κ2) is 8.87. The van der Waals surface area contributed by atoms with Crippen LogP contribution in [-0.4, -0.2) is 74.6 Å². The molecule has 0 aliphatic carbocycles. The molecule has 5 nitrogen and oxygen atoms in total. The summed E-state index contributed by atoms with van der Waals surface area (Å²) in [5, 5.41) is 3.24. The van der Waals surface area contributed by atoms with E-state index in [4.69, 9.17) is 0 Å². The topological polar surface area (TPSA) is 38.8 Å². The van der Waals surface area contributed by atoms with Gasteiger partial charge in [0.2, 0.25) is 0 Å². The van der Waals surface area contributed by atoms with Crippen molar-refractivity contribution in [2.75, 3.05) is 57.8 Å². The van der Waals surface area contributed by atoms with Crippen molar-refractivity contribution < 1.29 is 4.79 Å². The summed E-state index contributed by atoms with van der Waals surface area (Å²) in [7, 11) is 1.99. The van der Waals surface area contributed by atoms with Gasteiger partial charge in [-0.1, -0.05) is 0 Å². The van der Waals surface area contributed by atoms with Gasteiger partial charge < -0.3 is 15.1 Å². The van der Waals surface area contributed by atoms with Crippen LogP contribution in [0.15, 0.2) is 24.3 Å². The molecule has 0 aromatic heterocycles. The average molecular weight is 359 g/mol. The third kappa shape index (κ3) is 4.57. The fourth-order valence-corrected chi connectivity index (χ4v) is 4.20. The van der Waals surface area contributed by atoms with E-state index in [0.717, 1.165) is 57.8 Å². The van der Waals surface area contributed by atoms with Gasteiger partial charge in [-0.3, -0.25) is 9.69 Å². The lowest BCUT2D eigenvalue weighted by molar-refractivity contribution is 0.0674. The van der Waals surface area contributed by atoms with E-state index in [2.05, 4.69) is 41.1 Å². The summed E-state index contributed by atoms with van der Waals surface area (Å²) >= 11 is 0. The van der Waals surface area contributed by atoms with Gasteiger partial charge in [0.1, 0.15) is 0 Å². The Bertz CT molecular complexity index is 576. The third-order valence-electron chi connectivity index (χ3n) is 5.82. The largest absolute Gasteiger partial charge is 0.369 e. The number of nitrogens with zero attached hydrogens (tertiary/aromatic N) is 3. The first-order valence-corrected chi connectivity index (χ1v) is 10.1. The second-order valence-electron chi connectivity index (χ2n) is 7.98. The second-order valence-corrected chi connectivity index (χ2v) is 7.98. The van der Waals surface area contributed by atoms with E-state index in [1.807, 2.05) is 24.1 Å². The van der Waals surface area contributed by atoms with Gasteiger partial charge in [0.15, 0.2) is 0 Å². The zero-order chi connectivity index (χ0) is 18.5. The molecule has 0 saturated carbocycles. The van der Waals surface area contributed by atoms with E-state index in [-0.39, 0.29) is 5.91 Å². The summed E-state index contributed by atoms with van der Waals surface area (Å²) in [6.45, 7) is 11.6. The molecule has 1 atom stereocenters. The molecule has 1 aromatic carbocycles. The van der Waals surface area contributed by atoms with Gasteiger partial charge in [-0.05, 0) is 70.5 Å². The summed E-state index contributed by atoms with van der Waals surface area (Å²) in [6, 6.07) is 8.87. The predicted molar refractivity (Wildman–Crippen MR) is 108 cm³/mol. The highest BCUT2D eigenvalue weighted by Crippen LogP contribution is 2.21. The number of anilines is 1. The molecule has 0 bridgehead atoms. The Balaban J connectivity index is 1.58. The van der Waals surface area contributed by atoms with Crippen LogP contribution in [0.3, 0.4) is 0 Å². The monoisotopic (exact) mass is 358 g/mol. The van der Waals surface area contributed by atoms with Crippen molar-refractivity contribution in [3.63, 3.8) is 0 Å². The fraction of sp³-hybridized carbons (Fsp3) is 0.667. The van der Waals surface area contributed by atoms with Crippen LogP contribution in [0.1, 0.15) is 37.0 Å². The van der Waals surface area contributed by atoms with Crippen LogP contribution >= 0.6 is 0 Å². The highest BCUT2D eigenvalue weighted by Gasteiger charge is 2.24. The van der Waals surface area contributed by atoms with Gasteiger partial charge in [0, 0.05) is 56.6 Å². The van der Waals surface area contributed by atoms with Crippen molar-refractivity contribution in [3.8, 4) is 0 Å². The number of carbonyl (C=O) groups excluding carboxylic acids is 1. The molecule has 3 rings (SSSR count). The van der Waals surface area contributed by atoms with E-state index in [1.54, 1.807) is 0 Å². The Morgan fingerprint density at radius 3 is 2.42 bits per heavy atom. The lowest BCUT2D eigenvalue weighted by atomic mass is 9.97. The summed E-state index contributed by atoms with van der Waals surface area (Å²) < 4.78 is 0. The van der Waals surface area contributed by atoms with Gasteiger partial charge in [-0.15, -0.1) is 0 Å². The smallest absolute Gasteiger partial charge is 0.253 e. The summed E-state index contributed by atoms with van der Waals surface area (Å²) in [5.74, 6) is 0.760. The Kier molecular flexibility index (Phi) is 6.54. The minimum absolute atomic E-state index is 0.182. The number of rotatable bonds is 5. The fourth-order valence-electron chi connectivity index (χ4n) is 4.20. The summed E-state index contributed by atoms with van der Waals surface area (Å²) in [4.78, 5) is 19.8. The van der Waals surface area contributed by atoms with E-state index >= 15 is 0 Å². The van der Waals surface area contributed by atoms with Gasteiger partial charge >= 0.3 is 0 Å². The van der Waals surface area contributed by atoms with Crippen LogP contribution < -0.4 is 10.2 Å². The number of hydrogen-bond donors (Lipinski definition) is 1. The molecule has 26 heavy (non-hydrogen) atoms. The SMILES string of the molecule is CNCC1CCCN(C(=O)c2ccc(N3CCN(C(C)C)CC3)cc2)C1. The first-order valence-electron chi connectivity index (χ1n) is 10.1. The standard InChI is InChI=1S/C21H34N4O/c1-17(2)23-11-13-24(14-12-23)20-8-6-19(7-9-20)21(26)25-10-4-5-18(16-25)15-22-3/h6-9,17-18,22H,4-5,10-16H2,1-3H3. The maximum atomic E-state index is 12.8. The Labute approximate surface area is 158 Å². The molecule has 144 valence electrons. The minimum atomic E-state index is 0.182. The third-order valence-corrected chi connectivity index (χ3v) is 5.82. The Hall–Kier alpha value is -1.59. The lowest BCUT2D eigenvalue weighted by Gasteiger charge is -2.38. The van der Waals surface area contributed by atoms with Crippen LogP contribution in [-0.2, 0) is 0 Å². The summed E-state index contributed by atoms with van der Waals surface area (Å²) in [5.41, 5.74) is 2.05. The highest BCUT2D eigenvalue weighted by atomic mass is 16.2. The van der Waals surface area contributed by atoms with Crippen molar-refractivity contribution in [2.24, 2.45) is 5.92 Å². The van der Waals surface area contributed by atoms with Crippen molar-refractivity contribution in [1.29, 1.82) is 0 Å². The molecule has 2 aliphatic heterocycles. The Morgan fingerprint density at radius 2 is 1.81 bits per heavy atom. The minimum Gasteiger partial charge on any atom is -0.369 e. The molecule has 1 amide bonds. The molecule has 1 N–H and O–H groups in total. The Morgan fingerprint density at radius 1 is 1.12 bits per heavy atom. The van der Waals surface area contributed by atoms with Crippen LogP contribution in [0.2, 0.25) is 0 Å².